The van der Waals surface area contributed by atoms with E-state index in [9.17, 15) is 4.39 Å². The van der Waals surface area contributed by atoms with Crippen LogP contribution in [0.2, 0.25) is 0 Å². The molecule has 1 aromatic carbocycles. The molecule has 2 atom stereocenters. The van der Waals surface area contributed by atoms with Crippen molar-refractivity contribution < 1.29 is 4.39 Å². The zero-order chi connectivity index (χ0) is 12.5. The van der Waals surface area contributed by atoms with E-state index in [1.807, 2.05) is 12.1 Å². The molecule has 2 unspecified atom stereocenters. The molecule has 2 N–H and O–H groups in total. The van der Waals surface area contributed by atoms with Crippen molar-refractivity contribution in [3.05, 3.63) is 29.6 Å². The smallest absolute Gasteiger partial charge is 0.150 e. The summed E-state index contributed by atoms with van der Waals surface area (Å²) in [5, 5.41) is 0. The average Bonchev–Trinajstić information content (AvgIpc) is 2.84. The summed E-state index contributed by atoms with van der Waals surface area (Å²) in [7, 11) is 0. The SMILES string of the molecule is Nc1cccc(CN2CCCC3CCCC32)c1F. The van der Waals surface area contributed by atoms with Crippen molar-refractivity contribution in [1.82, 2.24) is 4.90 Å². The molecule has 2 aliphatic rings. The summed E-state index contributed by atoms with van der Waals surface area (Å²) in [6.07, 6.45) is 6.60. The van der Waals surface area contributed by atoms with Crippen molar-refractivity contribution in [3.8, 4) is 0 Å². The molecule has 2 fully saturated rings. The fourth-order valence-electron chi connectivity index (χ4n) is 3.69. The molecule has 98 valence electrons. The number of hydrogen-bond acceptors (Lipinski definition) is 2. The van der Waals surface area contributed by atoms with Crippen LogP contribution in [-0.2, 0) is 6.54 Å². The zero-order valence-electron chi connectivity index (χ0n) is 10.7. The van der Waals surface area contributed by atoms with E-state index < -0.39 is 0 Å². The van der Waals surface area contributed by atoms with E-state index in [0.29, 0.717) is 6.04 Å². The van der Waals surface area contributed by atoms with Crippen LogP contribution in [0.4, 0.5) is 10.1 Å². The molecule has 2 nitrogen and oxygen atoms in total. The zero-order valence-corrected chi connectivity index (χ0v) is 10.7. The van der Waals surface area contributed by atoms with Gasteiger partial charge < -0.3 is 5.73 Å². The Morgan fingerprint density at radius 2 is 2.06 bits per heavy atom. The molecule has 1 heterocycles. The highest BCUT2D eigenvalue weighted by atomic mass is 19.1. The molecule has 0 amide bonds. The summed E-state index contributed by atoms with van der Waals surface area (Å²) in [5.74, 6) is 0.625. The van der Waals surface area contributed by atoms with Crippen LogP contribution in [0.15, 0.2) is 18.2 Å². The highest BCUT2D eigenvalue weighted by Crippen LogP contribution is 2.37. The Hall–Kier alpha value is -1.09. The second-order valence-corrected chi connectivity index (χ2v) is 5.69. The second-order valence-electron chi connectivity index (χ2n) is 5.69. The van der Waals surface area contributed by atoms with Gasteiger partial charge in [-0.05, 0) is 44.2 Å². The number of fused-ring (bicyclic) bond motifs is 1. The molecular formula is C15H21FN2. The molecule has 0 aromatic heterocycles. The Kier molecular flexibility index (Phi) is 3.25. The Bertz CT molecular complexity index is 433. The maximum atomic E-state index is 13.9. The highest BCUT2D eigenvalue weighted by Gasteiger charge is 2.34. The first kappa shape index (κ1) is 12.0. The maximum Gasteiger partial charge on any atom is 0.150 e. The van der Waals surface area contributed by atoms with E-state index in [0.717, 1.165) is 24.6 Å². The number of likely N-dealkylation sites (tertiary alicyclic amines) is 1. The van der Waals surface area contributed by atoms with Crippen molar-refractivity contribution in [2.24, 2.45) is 5.92 Å². The highest BCUT2D eigenvalue weighted by molar-refractivity contribution is 5.42. The number of hydrogen-bond donors (Lipinski definition) is 1. The molecular weight excluding hydrogens is 227 g/mol. The molecule has 1 aliphatic carbocycles. The van der Waals surface area contributed by atoms with Gasteiger partial charge in [-0.3, -0.25) is 4.90 Å². The molecule has 1 aromatic rings. The lowest BCUT2D eigenvalue weighted by Gasteiger charge is -2.37. The summed E-state index contributed by atoms with van der Waals surface area (Å²) in [4.78, 5) is 2.47. The van der Waals surface area contributed by atoms with Gasteiger partial charge in [0.1, 0.15) is 0 Å². The van der Waals surface area contributed by atoms with Crippen molar-refractivity contribution in [3.63, 3.8) is 0 Å². The lowest BCUT2D eigenvalue weighted by Crippen LogP contribution is -2.42. The van der Waals surface area contributed by atoms with Gasteiger partial charge in [-0.1, -0.05) is 18.6 Å². The fraction of sp³-hybridized carbons (Fsp3) is 0.600. The summed E-state index contributed by atoms with van der Waals surface area (Å²) >= 11 is 0. The monoisotopic (exact) mass is 248 g/mol. The maximum absolute atomic E-state index is 13.9. The van der Waals surface area contributed by atoms with E-state index in [2.05, 4.69) is 4.90 Å². The van der Waals surface area contributed by atoms with E-state index >= 15 is 0 Å². The standard InChI is InChI=1S/C15H21FN2/c16-15-12(5-1-7-13(15)17)10-18-9-3-6-11-4-2-8-14(11)18/h1,5,7,11,14H,2-4,6,8-10,17H2. The lowest BCUT2D eigenvalue weighted by molar-refractivity contribution is 0.104. The number of nitrogens with zero attached hydrogens (tertiary/aromatic N) is 1. The van der Waals surface area contributed by atoms with Crippen LogP contribution < -0.4 is 5.73 Å². The summed E-state index contributed by atoms with van der Waals surface area (Å²) < 4.78 is 13.9. The van der Waals surface area contributed by atoms with Crippen LogP contribution in [0.1, 0.15) is 37.7 Å². The van der Waals surface area contributed by atoms with Gasteiger partial charge in [0.05, 0.1) is 5.69 Å². The van der Waals surface area contributed by atoms with E-state index in [4.69, 9.17) is 5.73 Å². The topological polar surface area (TPSA) is 29.3 Å². The molecule has 1 saturated heterocycles. The average molecular weight is 248 g/mol. The Balaban J connectivity index is 1.77. The number of anilines is 1. The van der Waals surface area contributed by atoms with Gasteiger partial charge in [-0.15, -0.1) is 0 Å². The summed E-state index contributed by atoms with van der Waals surface area (Å²) in [6.45, 7) is 1.83. The lowest BCUT2D eigenvalue weighted by atomic mass is 9.91. The Labute approximate surface area is 108 Å². The van der Waals surface area contributed by atoms with Crippen LogP contribution in [0.5, 0.6) is 0 Å². The van der Waals surface area contributed by atoms with Gasteiger partial charge in [0.2, 0.25) is 0 Å². The third-order valence-corrected chi connectivity index (χ3v) is 4.59. The predicted molar refractivity (Wildman–Crippen MR) is 71.6 cm³/mol. The van der Waals surface area contributed by atoms with Crippen LogP contribution in [0.25, 0.3) is 0 Å². The normalized spacial score (nSPS) is 28.3. The number of nitrogens with two attached hydrogens (primary N) is 1. The van der Waals surface area contributed by atoms with Gasteiger partial charge in [-0.25, -0.2) is 4.39 Å². The Morgan fingerprint density at radius 3 is 2.94 bits per heavy atom. The van der Waals surface area contributed by atoms with Crippen molar-refractivity contribution in [1.29, 1.82) is 0 Å². The van der Waals surface area contributed by atoms with Crippen LogP contribution in [0.3, 0.4) is 0 Å². The first-order valence-electron chi connectivity index (χ1n) is 7.02. The van der Waals surface area contributed by atoms with E-state index in [-0.39, 0.29) is 11.5 Å². The van der Waals surface area contributed by atoms with Gasteiger partial charge in [0.15, 0.2) is 5.82 Å². The van der Waals surface area contributed by atoms with E-state index in [1.165, 1.54) is 32.1 Å². The number of nitrogen functional groups attached to an aromatic ring is 1. The quantitative estimate of drug-likeness (QED) is 0.814. The number of piperidine rings is 1. The predicted octanol–water partition coefficient (Wildman–Crippen LogP) is 3.17. The third kappa shape index (κ3) is 2.12. The minimum absolute atomic E-state index is 0.224. The van der Waals surface area contributed by atoms with Crippen molar-refractivity contribution >= 4 is 5.69 Å². The van der Waals surface area contributed by atoms with Crippen molar-refractivity contribution in [2.75, 3.05) is 12.3 Å². The molecule has 1 saturated carbocycles. The fourth-order valence-corrected chi connectivity index (χ4v) is 3.69. The molecule has 3 rings (SSSR count). The van der Waals surface area contributed by atoms with Gasteiger partial charge >= 0.3 is 0 Å². The molecule has 1 aliphatic heterocycles. The molecule has 18 heavy (non-hydrogen) atoms. The molecule has 0 spiro atoms. The molecule has 0 bridgehead atoms. The van der Waals surface area contributed by atoms with Gasteiger partial charge in [-0.2, -0.15) is 0 Å². The molecule has 3 heteroatoms. The summed E-state index contributed by atoms with van der Waals surface area (Å²) in [5.41, 5.74) is 6.66. The van der Waals surface area contributed by atoms with Crippen LogP contribution >= 0.6 is 0 Å². The summed E-state index contributed by atoms with van der Waals surface area (Å²) in [6, 6.07) is 6.03. The van der Waals surface area contributed by atoms with Crippen LogP contribution in [0, 0.1) is 11.7 Å². The van der Waals surface area contributed by atoms with Crippen molar-refractivity contribution in [2.45, 2.75) is 44.7 Å². The number of rotatable bonds is 2. The first-order chi connectivity index (χ1) is 8.75. The minimum Gasteiger partial charge on any atom is -0.396 e. The Morgan fingerprint density at radius 1 is 1.22 bits per heavy atom. The van der Waals surface area contributed by atoms with Gasteiger partial charge in [0, 0.05) is 18.2 Å². The number of benzene rings is 1. The van der Waals surface area contributed by atoms with Crippen LogP contribution in [-0.4, -0.2) is 17.5 Å². The van der Waals surface area contributed by atoms with E-state index in [1.54, 1.807) is 6.07 Å². The first-order valence-corrected chi connectivity index (χ1v) is 7.02. The molecule has 0 radical (unpaired) electrons. The van der Waals surface area contributed by atoms with Gasteiger partial charge in [0.25, 0.3) is 0 Å². The third-order valence-electron chi connectivity index (χ3n) is 4.59. The second kappa shape index (κ2) is 4.88. The minimum atomic E-state index is -0.224. The largest absolute Gasteiger partial charge is 0.396 e. The number of halogens is 1.